The summed E-state index contributed by atoms with van der Waals surface area (Å²) in [5, 5.41) is 4.66. The van der Waals surface area contributed by atoms with Crippen LogP contribution in [-0.2, 0) is 20.0 Å². The number of aromatic nitrogens is 2. The van der Waals surface area contributed by atoms with Gasteiger partial charge < -0.3 is 10.1 Å². The summed E-state index contributed by atoms with van der Waals surface area (Å²) in [5.74, 6) is 1.94. The summed E-state index contributed by atoms with van der Waals surface area (Å²) < 4.78 is 10.4. The highest BCUT2D eigenvalue weighted by Crippen LogP contribution is 2.45. The van der Waals surface area contributed by atoms with E-state index in [0.29, 0.717) is 23.1 Å². The molecule has 6 nitrogen and oxygen atoms in total. The minimum Gasteiger partial charge on any atom is -0.496 e. The maximum absolute atomic E-state index is 13.4. The maximum atomic E-state index is 13.4. The zero-order chi connectivity index (χ0) is 22.7. The molecule has 2 aliphatic rings. The van der Waals surface area contributed by atoms with Crippen molar-refractivity contribution in [2.75, 3.05) is 13.7 Å². The molecule has 2 aromatic carbocycles. The third-order valence-corrected chi connectivity index (χ3v) is 8.77. The molecule has 33 heavy (non-hydrogen) atoms. The smallest absolute Gasteiger partial charge is 0.331 e. The van der Waals surface area contributed by atoms with Crippen molar-refractivity contribution < 1.29 is 4.74 Å². The lowest BCUT2D eigenvalue weighted by atomic mass is 9.73. The number of hydrogen-bond donors (Lipinski definition) is 1. The first kappa shape index (κ1) is 20.7. The van der Waals surface area contributed by atoms with Crippen LogP contribution >= 0.6 is 11.3 Å². The Balaban J connectivity index is 1.36. The molecule has 0 saturated carbocycles. The fraction of sp³-hybridized carbons (Fsp3) is 0.385. The average Bonchev–Trinajstić information content (AvgIpc) is 3.44. The standard InChI is InChI=1S/C26H27N3O3S/c1-28-23-18-6-3-4-9-21(18)33-24(23)25(30)29(26(28)31)13-12-19-22-15(14-27-19)10-11-16-17(22)7-5-8-20(16)32-2/h3-9,15,19,22,27H,10-14H2,1-2H3/t15-,19?,22-/m1/s1. The molecule has 4 aromatic rings. The first-order valence-electron chi connectivity index (χ1n) is 11.6. The lowest BCUT2D eigenvalue weighted by molar-refractivity contribution is 0.370. The van der Waals surface area contributed by atoms with E-state index in [1.165, 1.54) is 27.0 Å². The van der Waals surface area contributed by atoms with Crippen molar-refractivity contribution in [2.24, 2.45) is 13.0 Å². The maximum Gasteiger partial charge on any atom is 0.331 e. The molecule has 7 heteroatoms. The van der Waals surface area contributed by atoms with Crippen molar-refractivity contribution in [1.82, 2.24) is 14.5 Å². The topological polar surface area (TPSA) is 65.3 Å². The van der Waals surface area contributed by atoms with E-state index in [0.717, 1.165) is 47.2 Å². The fourth-order valence-electron chi connectivity index (χ4n) is 6.06. The average molecular weight is 462 g/mol. The van der Waals surface area contributed by atoms with Gasteiger partial charge in [0.05, 0.1) is 12.6 Å². The minimum absolute atomic E-state index is 0.172. The van der Waals surface area contributed by atoms with Crippen LogP contribution < -0.4 is 21.3 Å². The zero-order valence-corrected chi connectivity index (χ0v) is 19.7. The van der Waals surface area contributed by atoms with Gasteiger partial charge in [0, 0.05) is 35.6 Å². The molecule has 0 spiro atoms. The van der Waals surface area contributed by atoms with E-state index in [4.69, 9.17) is 4.74 Å². The molecule has 0 amide bonds. The summed E-state index contributed by atoms with van der Waals surface area (Å²) in [4.78, 5) is 26.6. The van der Waals surface area contributed by atoms with Crippen LogP contribution in [0.5, 0.6) is 5.75 Å². The molecular weight excluding hydrogens is 434 g/mol. The Morgan fingerprint density at radius 1 is 1.15 bits per heavy atom. The molecule has 1 unspecified atom stereocenters. The van der Waals surface area contributed by atoms with Crippen molar-refractivity contribution in [3.05, 3.63) is 74.4 Å². The molecule has 6 rings (SSSR count). The summed E-state index contributed by atoms with van der Waals surface area (Å²) in [6.45, 7) is 1.39. The van der Waals surface area contributed by atoms with Crippen molar-refractivity contribution >= 4 is 31.6 Å². The molecular formula is C26H27N3O3S. The second-order valence-corrected chi connectivity index (χ2v) is 10.3. The van der Waals surface area contributed by atoms with E-state index in [9.17, 15) is 9.59 Å². The van der Waals surface area contributed by atoms with Crippen LogP contribution in [0.4, 0.5) is 0 Å². The van der Waals surface area contributed by atoms with Gasteiger partial charge in [-0.25, -0.2) is 4.79 Å². The van der Waals surface area contributed by atoms with Crippen LogP contribution in [0.15, 0.2) is 52.1 Å². The number of rotatable bonds is 4. The third kappa shape index (κ3) is 3.09. The molecule has 3 heterocycles. The predicted molar refractivity (Wildman–Crippen MR) is 133 cm³/mol. The molecule has 3 atom stereocenters. The predicted octanol–water partition coefficient (Wildman–Crippen LogP) is 3.63. The molecule has 1 fully saturated rings. The van der Waals surface area contributed by atoms with Crippen LogP contribution in [-0.4, -0.2) is 28.8 Å². The highest BCUT2D eigenvalue weighted by Gasteiger charge is 2.40. The monoisotopic (exact) mass is 461 g/mol. The van der Waals surface area contributed by atoms with Gasteiger partial charge in [0.2, 0.25) is 0 Å². The Morgan fingerprint density at radius 3 is 2.85 bits per heavy atom. The lowest BCUT2D eigenvalue weighted by Gasteiger charge is -2.32. The minimum atomic E-state index is -0.240. The van der Waals surface area contributed by atoms with Crippen molar-refractivity contribution in [3.63, 3.8) is 0 Å². The Hall–Kier alpha value is -2.90. The van der Waals surface area contributed by atoms with Gasteiger partial charge in [0.1, 0.15) is 10.4 Å². The number of aryl methyl sites for hydroxylation is 1. The summed E-state index contributed by atoms with van der Waals surface area (Å²) in [6.07, 6.45) is 2.91. The normalized spacial score (nSPS) is 21.9. The Kier molecular flexibility index (Phi) is 4.92. The summed E-state index contributed by atoms with van der Waals surface area (Å²) in [6, 6.07) is 14.5. The van der Waals surface area contributed by atoms with Gasteiger partial charge in [-0.15, -0.1) is 11.3 Å². The fourth-order valence-corrected chi connectivity index (χ4v) is 7.25. The van der Waals surface area contributed by atoms with Crippen molar-refractivity contribution in [1.29, 1.82) is 0 Å². The van der Waals surface area contributed by atoms with E-state index in [-0.39, 0.29) is 17.3 Å². The third-order valence-electron chi connectivity index (χ3n) is 7.62. The largest absolute Gasteiger partial charge is 0.496 e. The second-order valence-electron chi connectivity index (χ2n) is 9.23. The quantitative estimate of drug-likeness (QED) is 0.504. The number of ether oxygens (including phenoxy) is 1. The lowest BCUT2D eigenvalue weighted by Crippen LogP contribution is -2.40. The van der Waals surface area contributed by atoms with Crippen LogP contribution in [0, 0.1) is 5.92 Å². The molecule has 1 saturated heterocycles. The number of nitrogens with one attached hydrogen (secondary N) is 1. The molecule has 2 aromatic heterocycles. The molecule has 1 aliphatic carbocycles. The van der Waals surface area contributed by atoms with E-state index in [1.54, 1.807) is 18.7 Å². The summed E-state index contributed by atoms with van der Waals surface area (Å²) in [7, 11) is 3.51. The summed E-state index contributed by atoms with van der Waals surface area (Å²) >= 11 is 1.47. The number of thiophene rings is 1. The first-order chi connectivity index (χ1) is 16.1. The van der Waals surface area contributed by atoms with Crippen LogP contribution in [0.1, 0.15) is 29.9 Å². The SMILES string of the molecule is COc1cccc2c1CC[C@@H]1CNC(CCn3c(=O)c4sc5ccccc5c4n(C)c3=O)[C@@H]21. The molecule has 0 radical (unpaired) electrons. The van der Waals surface area contributed by atoms with Crippen LogP contribution in [0.3, 0.4) is 0 Å². The van der Waals surface area contributed by atoms with Gasteiger partial charge in [-0.05, 0) is 55.0 Å². The Bertz CT molecular complexity index is 1500. The molecule has 0 bridgehead atoms. The first-order valence-corrected chi connectivity index (χ1v) is 12.4. The summed E-state index contributed by atoms with van der Waals surface area (Å²) in [5.41, 5.74) is 3.01. The highest BCUT2D eigenvalue weighted by molar-refractivity contribution is 7.25. The second kappa shape index (κ2) is 7.85. The van der Waals surface area contributed by atoms with Gasteiger partial charge >= 0.3 is 5.69 Å². The Labute approximate surface area is 195 Å². The molecule has 170 valence electrons. The van der Waals surface area contributed by atoms with Gasteiger partial charge in [-0.1, -0.05) is 30.3 Å². The van der Waals surface area contributed by atoms with Crippen molar-refractivity contribution in [2.45, 2.75) is 37.8 Å². The van der Waals surface area contributed by atoms with Crippen molar-refractivity contribution in [3.8, 4) is 5.75 Å². The highest BCUT2D eigenvalue weighted by atomic mass is 32.1. The van der Waals surface area contributed by atoms with Gasteiger partial charge in [-0.2, -0.15) is 0 Å². The number of hydrogen-bond acceptors (Lipinski definition) is 5. The number of methoxy groups -OCH3 is 1. The number of fused-ring (bicyclic) bond motifs is 6. The molecule has 1 N–H and O–H groups in total. The Morgan fingerprint density at radius 2 is 2.00 bits per heavy atom. The zero-order valence-electron chi connectivity index (χ0n) is 18.8. The van der Waals surface area contributed by atoms with Crippen LogP contribution in [0.2, 0.25) is 0 Å². The van der Waals surface area contributed by atoms with E-state index >= 15 is 0 Å². The van der Waals surface area contributed by atoms with Gasteiger partial charge in [-0.3, -0.25) is 13.9 Å². The molecule has 1 aliphatic heterocycles. The van der Waals surface area contributed by atoms with E-state index in [1.807, 2.05) is 30.3 Å². The van der Waals surface area contributed by atoms with E-state index < -0.39 is 0 Å². The van der Waals surface area contributed by atoms with Crippen LogP contribution in [0.25, 0.3) is 20.3 Å². The number of benzene rings is 2. The van der Waals surface area contributed by atoms with Gasteiger partial charge in [0.25, 0.3) is 5.56 Å². The number of nitrogens with zero attached hydrogens (tertiary/aromatic N) is 2. The van der Waals surface area contributed by atoms with Gasteiger partial charge in [0.15, 0.2) is 0 Å². The van der Waals surface area contributed by atoms with E-state index in [2.05, 4.69) is 17.4 Å².